The summed E-state index contributed by atoms with van der Waals surface area (Å²) in [5, 5.41) is 0. The smallest absolute Gasteiger partial charge is 0.337 e. The lowest BCUT2D eigenvalue weighted by Crippen LogP contribution is -2.62. The maximum absolute atomic E-state index is 11.8. The zero-order chi connectivity index (χ0) is 13.6. The van der Waals surface area contributed by atoms with Crippen molar-refractivity contribution in [2.24, 2.45) is 17.8 Å². The van der Waals surface area contributed by atoms with Crippen LogP contribution < -0.4 is 0 Å². The number of fused-ring (bicyclic) bond motifs is 4. The lowest BCUT2D eigenvalue weighted by atomic mass is 9.56. The van der Waals surface area contributed by atoms with Crippen molar-refractivity contribution in [3.63, 3.8) is 0 Å². The molecule has 0 radical (unpaired) electrons. The van der Waals surface area contributed by atoms with Gasteiger partial charge in [0, 0.05) is 18.9 Å². The van der Waals surface area contributed by atoms with E-state index < -0.39 is 5.97 Å². The third kappa shape index (κ3) is 1.78. The fourth-order valence-electron chi connectivity index (χ4n) is 3.34. The minimum absolute atomic E-state index is 0.109. The van der Waals surface area contributed by atoms with Crippen molar-refractivity contribution in [2.75, 3.05) is 14.2 Å². The van der Waals surface area contributed by atoms with Gasteiger partial charge < -0.3 is 18.9 Å². The third-order valence-corrected chi connectivity index (χ3v) is 4.29. The fourth-order valence-corrected chi connectivity index (χ4v) is 3.34. The molecule has 3 aliphatic rings. The van der Waals surface area contributed by atoms with E-state index in [1.165, 1.54) is 13.4 Å². The largest absolute Gasteiger partial charge is 0.466 e. The van der Waals surface area contributed by atoms with Crippen LogP contribution in [-0.2, 0) is 28.5 Å². The van der Waals surface area contributed by atoms with Crippen LogP contribution in [0.4, 0.5) is 0 Å². The van der Waals surface area contributed by atoms with Crippen LogP contribution in [0.25, 0.3) is 0 Å². The first kappa shape index (κ1) is 12.6. The maximum atomic E-state index is 11.8. The molecular formula is C13H16O6. The Kier molecular flexibility index (Phi) is 3.06. The molecule has 2 aliphatic heterocycles. The minimum Gasteiger partial charge on any atom is -0.466 e. The van der Waals surface area contributed by atoms with Gasteiger partial charge in [-0.25, -0.2) is 4.79 Å². The van der Waals surface area contributed by atoms with Crippen molar-refractivity contribution < 1.29 is 28.5 Å². The van der Waals surface area contributed by atoms with E-state index in [4.69, 9.17) is 18.9 Å². The van der Waals surface area contributed by atoms with Gasteiger partial charge >= 0.3 is 11.9 Å². The number of cyclic esters (lactones) is 1. The van der Waals surface area contributed by atoms with Crippen molar-refractivity contribution in [3.05, 3.63) is 11.8 Å². The van der Waals surface area contributed by atoms with Crippen LogP contribution >= 0.6 is 0 Å². The van der Waals surface area contributed by atoms with Crippen LogP contribution in [0.3, 0.4) is 0 Å². The molecule has 0 spiro atoms. The molecule has 19 heavy (non-hydrogen) atoms. The van der Waals surface area contributed by atoms with E-state index in [-0.39, 0.29) is 36.1 Å². The van der Waals surface area contributed by atoms with Gasteiger partial charge in [-0.3, -0.25) is 4.79 Å². The Morgan fingerprint density at radius 1 is 1.32 bits per heavy atom. The van der Waals surface area contributed by atoms with Crippen LogP contribution in [0.5, 0.6) is 0 Å². The summed E-state index contributed by atoms with van der Waals surface area (Å²) in [7, 11) is 2.90. The Morgan fingerprint density at radius 2 is 2.11 bits per heavy atom. The number of methoxy groups -OCH3 is 2. The Hall–Kier alpha value is -1.40. The number of esters is 2. The fraction of sp³-hybridized carbons (Fsp3) is 0.692. The molecule has 104 valence electrons. The van der Waals surface area contributed by atoms with E-state index in [1.807, 2.05) is 0 Å². The van der Waals surface area contributed by atoms with Crippen LogP contribution in [0, 0.1) is 17.8 Å². The van der Waals surface area contributed by atoms with Crippen LogP contribution in [0.15, 0.2) is 11.8 Å². The second-order valence-electron chi connectivity index (χ2n) is 5.06. The first-order valence-corrected chi connectivity index (χ1v) is 6.34. The van der Waals surface area contributed by atoms with Gasteiger partial charge in [-0.05, 0) is 12.8 Å². The van der Waals surface area contributed by atoms with E-state index in [0.717, 1.165) is 12.8 Å². The number of hydrogen-bond donors (Lipinski definition) is 0. The van der Waals surface area contributed by atoms with Gasteiger partial charge in [0.25, 0.3) is 0 Å². The van der Waals surface area contributed by atoms with Gasteiger partial charge in [-0.2, -0.15) is 0 Å². The van der Waals surface area contributed by atoms with Crippen molar-refractivity contribution in [3.8, 4) is 0 Å². The molecule has 0 amide bonds. The van der Waals surface area contributed by atoms with Crippen molar-refractivity contribution in [1.82, 2.24) is 0 Å². The van der Waals surface area contributed by atoms with Gasteiger partial charge in [-0.1, -0.05) is 0 Å². The number of ether oxygens (including phenoxy) is 4. The number of hydrogen-bond acceptors (Lipinski definition) is 6. The van der Waals surface area contributed by atoms with Crippen molar-refractivity contribution in [2.45, 2.75) is 25.2 Å². The summed E-state index contributed by atoms with van der Waals surface area (Å²) in [6.45, 7) is 0. The molecule has 0 bridgehead atoms. The molecule has 5 atom stereocenters. The SMILES string of the molecule is COC(=O)C1=COC(=O)[C@H]2[C@H]3CCC(OC)O[C@H]3[C@@H]12. The molecule has 3 rings (SSSR count). The molecule has 6 nitrogen and oxygen atoms in total. The lowest BCUT2D eigenvalue weighted by molar-refractivity contribution is -0.262. The summed E-state index contributed by atoms with van der Waals surface area (Å²) in [5.41, 5.74) is 0.380. The Bertz CT molecular complexity index is 442. The predicted molar refractivity (Wildman–Crippen MR) is 61.6 cm³/mol. The quantitative estimate of drug-likeness (QED) is 0.683. The molecule has 1 saturated heterocycles. The molecule has 1 unspecified atom stereocenters. The standard InChI is InChI=1S/C13H16O6/c1-16-8-4-3-6-10-9(11(6)19-8)7(12(14)17-2)5-18-13(10)15/h5-6,8-11H,3-4H2,1-2H3/t6-,8?,9+,10+,11-/m1/s1. The number of carbonyl (C=O) groups is 2. The summed E-state index contributed by atoms with van der Waals surface area (Å²) in [5.74, 6) is -1.20. The lowest BCUT2D eigenvalue weighted by Gasteiger charge is -2.54. The monoisotopic (exact) mass is 268 g/mol. The molecule has 6 heteroatoms. The molecule has 1 aliphatic carbocycles. The maximum Gasteiger partial charge on any atom is 0.337 e. The van der Waals surface area contributed by atoms with Gasteiger partial charge in [0.05, 0.1) is 24.7 Å². The van der Waals surface area contributed by atoms with E-state index >= 15 is 0 Å². The summed E-state index contributed by atoms with van der Waals surface area (Å²) >= 11 is 0. The van der Waals surface area contributed by atoms with Crippen molar-refractivity contribution >= 4 is 11.9 Å². The summed E-state index contributed by atoms with van der Waals surface area (Å²) in [6.07, 6.45) is 2.37. The van der Waals surface area contributed by atoms with Gasteiger partial charge in [-0.15, -0.1) is 0 Å². The minimum atomic E-state index is -0.468. The molecule has 2 heterocycles. The Balaban J connectivity index is 1.85. The average molecular weight is 268 g/mol. The normalized spacial score (nSPS) is 40.2. The van der Waals surface area contributed by atoms with Crippen LogP contribution in [0.1, 0.15) is 12.8 Å². The van der Waals surface area contributed by atoms with Crippen LogP contribution in [-0.4, -0.2) is 38.6 Å². The highest BCUT2D eigenvalue weighted by molar-refractivity contribution is 5.93. The highest BCUT2D eigenvalue weighted by Gasteiger charge is 2.61. The van der Waals surface area contributed by atoms with Gasteiger partial charge in [0.1, 0.15) is 6.26 Å². The third-order valence-electron chi connectivity index (χ3n) is 4.29. The molecule has 0 aromatic carbocycles. The van der Waals surface area contributed by atoms with E-state index in [1.54, 1.807) is 7.11 Å². The second kappa shape index (κ2) is 4.61. The average Bonchev–Trinajstić information content (AvgIpc) is 2.42. The molecule has 1 saturated carbocycles. The van der Waals surface area contributed by atoms with Crippen LogP contribution in [0.2, 0.25) is 0 Å². The molecule has 0 N–H and O–H groups in total. The molecular weight excluding hydrogens is 252 g/mol. The van der Waals surface area contributed by atoms with Gasteiger partial charge in [0.2, 0.25) is 0 Å². The predicted octanol–water partition coefficient (Wildman–Crippen LogP) is 0.614. The second-order valence-corrected chi connectivity index (χ2v) is 5.06. The Labute approximate surface area is 110 Å². The zero-order valence-corrected chi connectivity index (χ0v) is 10.8. The summed E-state index contributed by atoms with van der Waals surface area (Å²) in [4.78, 5) is 23.5. The highest BCUT2D eigenvalue weighted by Crippen LogP contribution is 2.54. The summed E-state index contributed by atoms with van der Waals surface area (Å²) < 4.78 is 20.7. The topological polar surface area (TPSA) is 71.1 Å². The van der Waals surface area contributed by atoms with E-state index in [2.05, 4.69) is 0 Å². The molecule has 0 aromatic heterocycles. The first-order valence-electron chi connectivity index (χ1n) is 6.34. The molecule has 0 aromatic rings. The summed E-state index contributed by atoms with van der Waals surface area (Å²) in [6, 6.07) is 0. The van der Waals surface area contributed by atoms with Crippen molar-refractivity contribution in [1.29, 1.82) is 0 Å². The Morgan fingerprint density at radius 3 is 2.79 bits per heavy atom. The number of carbonyl (C=O) groups excluding carboxylic acids is 2. The molecule has 2 fully saturated rings. The number of rotatable bonds is 2. The highest BCUT2D eigenvalue weighted by atomic mass is 16.7. The van der Waals surface area contributed by atoms with E-state index in [0.29, 0.717) is 5.57 Å². The first-order chi connectivity index (χ1) is 9.17. The van der Waals surface area contributed by atoms with E-state index in [9.17, 15) is 9.59 Å². The zero-order valence-electron chi connectivity index (χ0n) is 10.8. The van der Waals surface area contributed by atoms with Gasteiger partial charge in [0.15, 0.2) is 6.29 Å².